The number of amides is 1. The highest BCUT2D eigenvalue weighted by Crippen LogP contribution is 2.49. The molecule has 2 aromatic rings. The molecule has 1 saturated carbocycles. The van der Waals surface area contributed by atoms with Crippen LogP contribution in [0.3, 0.4) is 0 Å². The van der Waals surface area contributed by atoms with Gasteiger partial charge in [-0.2, -0.15) is 5.10 Å². The Balaban J connectivity index is 1.41. The molecule has 3 heterocycles. The minimum atomic E-state index is 0.118. The number of hydrogen-bond acceptors (Lipinski definition) is 3. The molecule has 0 radical (unpaired) electrons. The lowest BCUT2D eigenvalue weighted by Crippen LogP contribution is -2.41. The second-order valence-electron chi connectivity index (χ2n) is 6.03. The van der Waals surface area contributed by atoms with Gasteiger partial charge in [-0.25, -0.2) is 0 Å². The highest BCUT2D eigenvalue weighted by Gasteiger charge is 2.48. The summed E-state index contributed by atoms with van der Waals surface area (Å²) >= 11 is 0. The number of rotatable bonds is 3. The van der Waals surface area contributed by atoms with E-state index in [0.717, 1.165) is 38.1 Å². The average Bonchev–Trinajstić information content (AvgIpc) is 2.98. The van der Waals surface area contributed by atoms with E-state index in [0.29, 0.717) is 6.04 Å². The third kappa shape index (κ3) is 2.37. The maximum atomic E-state index is 12.6. The van der Waals surface area contributed by atoms with Gasteiger partial charge < -0.3 is 9.32 Å². The Labute approximate surface area is 123 Å². The van der Waals surface area contributed by atoms with Crippen LogP contribution < -0.4 is 0 Å². The van der Waals surface area contributed by atoms with Gasteiger partial charge in [0, 0.05) is 37.3 Å². The minimum Gasteiger partial charge on any atom is -0.469 e. The molecule has 2 aromatic heterocycles. The molecule has 5 nitrogen and oxygen atoms in total. The van der Waals surface area contributed by atoms with Crippen molar-refractivity contribution in [2.45, 2.75) is 31.2 Å². The molecule has 21 heavy (non-hydrogen) atoms. The number of piperidine rings is 1. The fourth-order valence-electron chi connectivity index (χ4n) is 3.39. The largest absolute Gasteiger partial charge is 0.469 e. The van der Waals surface area contributed by atoms with E-state index in [9.17, 15) is 4.79 Å². The normalized spacial score (nSPS) is 28.6. The third-order valence-corrected chi connectivity index (χ3v) is 4.62. The number of furan rings is 1. The molecular weight excluding hydrogens is 266 g/mol. The first-order chi connectivity index (χ1) is 10.3. The van der Waals surface area contributed by atoms with Crippen LogP contribution in [0, 0.1) is 5.92 Å². The summed E-state index contributed by atoms with van der Waals surface area (Å²) in [4.78, 5) is 14.7. The van der Waals surface area contributed by atoms with Crippen LogP contribution in [0.5, 0.6) is 0 Å². The number of hydrogen-bond donors (Lipinski definition) is 0. The van der Waals surface area contributed by atoms with Gasteiger partial charge in [0.1, 0.15) is 5.76 Å². The molecular formula is C16H19N3O2. The van der Waals surface area contributed by atoms with E-state index in [-0.39, 0.29) is 17.7 Å². The maximum absolute atomic E-state index is 12.6. The van der Waals surface area contributed by atoms with Gasteiger partial charge in [0.05, 0.1) is 12.3 Å². The second kappa shape index (κ2) is 5.06. The van der Waals surface area contributed by atoms with E-state index in [4.69, 9.17) is 4.42 Å². The Kier molecular flexibility index (Phi) is 3.05. The topological polar surface area (TPSA) is 51.3 Å². The van der Waals surface area contributed by atoms with E-state index in [2.05, 4.69) is 5.10 Å². The lowest BCUT2D eigenvalue weighted by Gasteiger charge is -2.33. The predicted octanol–water partition coefficient (Wildman–Crippen LogP) is 2.44. The van der Waals surface area contributed by atoms with Crippen molar-refractivity contribution in [3.05, 3.63) is 42.6 Å². The number of carbonyl (C=O) groups is 1. The van der Waals surface area contributed by atoms with Crippen molar-refractivity contribution in [2.24, 2.45) is 5.92 Å². The van der Waals surface area contributed by atoms with Gasteiger partial charge in [0.15, 0.2) is 0 Å². The van der Waals surface area contributed by atoms with Crippen molar-refractivity contribution in [3.8, 4) is 0 Å². The van der Waals surface area contributed by atoms with E-state index in [1.165, 1.54) is 0 Å². The van der Waals surface area contributed by atoms with Crippen LogP contribution in [0.15, 0.2) is 41.3 Å². The maximum Gasteiger partial charge on any atom is 0.226 e. The number of likely N-dealkylation sites (tertiary alicyclic amines) is 1. The van der Waals surface area contributed by atoms with Gasteiger partial charge >= 0.3 is 0 Å². The molecule has 2 fully saturated rings. The van der Waals surface area contributed by atoms with Gasteiger partial charge in [0.2, 0.25) is 5.91 Å². The number of aromatic nitrogens is 2. The van der Waals surface area contributed by atoms with Crippen LogP contribution >= 0.6 is 0 Å². The highest BCUT2D eigenvalue weighted by atomic mass is 16.3. The molecule has 110 valence electrons. The molecule has 1 amide bonds. The van der Waals surface area contributed by atoms with E-state index in [1.54, 1.807) is 12.5 Å². The SMILES string of the molecule is O=C([C@@H]1C[C@H]1c1ccco1)N1CCC[C@@H](n2cccn2)C1. The molecule has 5 heteroatoms. The van der Waals surface area contributed by atoms with Gasteiger partial charge in [-0.3, -0.25) is 9.48 Å². The van der Waals surface area contributed by atoms with E-state index in [1.807, 2.05) is 34.0 Å². The van der Waals surface area contributed by atoms with E-state index < -0.39 is 0 Å². The molecule has 1 aliphatic carbocycles. The summed E-state index contributed by atoms with van der Waals surface area (Å²) in [5, 5.41) is 4.31. The minimum absolute atomic E-state index is 0.118. The summed E-state index contributed by atoms with van der Waals surface area (Å²) in [6, 6.07) is 6.12. The average molecular weight is 285 g/mol. The van der Waals surface area contributed by atoms with Gasteiger partial charge in [-0.05, 0) is 37.5 Å². The monoisotopic (exact) mass is 285 g/mol. The van der Waals surface area contributed by atoms with Crippen molar-refractivity contribution in [1.29, 1.82) is 0 Å². The Hall–Kier alpha value is -2.04. The summed E-state index contributed by atoms with van der Waals surface area (Å²) in [5.41, 5.74) is 0. The quantitative estimate of drug-likeness (QED) is 0.870. The van der Waals surface area contributed by atoms with Crippen LogP contribution in [-0.4, -0.2) is 33.7 Å². The molecule has 1 saturated heterocycles. The first-order valence-corrected chi connectivity index (χ1v) is 7.64. The fraction of sp³-hybridized carbons (Fsp3) is 0.500. The molecule has 0 unspecified atom stereocenters. The van der Waals surface area contributed by atoms with Crippen LogP contribution in [0.2, 0.25) is 0 Å². The van der Waals surface area contributed by atoms with Crippen LogP contribution in [0.25, 0.3) is 0 Å². The molecule has 3 atom stereocenters. The van der Waals surface area contributed by atoms with Gasteiger partial charge in [0.25, 0.3) is 0 Å². The number of nitrogens with zero attached hydrogens (tertiary/aromatic N) is 3. The third-order valence-electron chi connectivity index (χ3n) is 4.62. The zero-order valence-electron chi connectivity index (χ0n) is 11.9. The van der Waals surface area contributed by atoms with Crippen molar-refractivity contribution >= 4 is 5.91 Å². The van der Waals surface area contributed by atoms with Gasteiger partial charge in [-0.1, -0.05) is 0 Å². The standard InChI is InChI=1S/C16H19N3O2/c20-16(14-10-13(14)15-5-2-9-21-15)18-7-1-4-12(11-18)19-8-3-6-17-19/h2-3,5-6,8-9,12-14H,1,4,7,10-11H2/t12-,13-,14-/m1/s1. The smallest absolute Gasteiger partial charge is 0.226 e. The molecule has 0 aromatic carbocycles. The Morgan fingerprint density at radius 2 is 2.33 bits per heavy atom. The Morgan fingerprint density at radius 3 is 3.10 bits per heavy atom. The predicted molar refractivity (Wildman–Crippen MR) is 76.6 cm³/mol. The number of carbonyl (C=O) groups excluding carboxylic acids is 1. The Bertz CT molecular complexity index is 606. The first-order valence-electron chi connectivity index (χ1n) is 7.64. The van der Waals surface area contributed by atoms with Crippen LogP contribution in [0.4, 0.5) is 0 Å². The van der Waals surface area contributed by atoms with Crippen molar-refractivity contribution in [3.63, 3.8) is 0 Å². The summed E-state index contributed by atoms with van der Waals surface area (Å²) in [5.74, 6) is 1.65. The van der Waals surface area contributed by atoms with Crippen molar-refractivity contribution < 1.29 is 9.21 Å². The molecule has 0 spiro atoms. The van der Waals surface area contributed by atoms with Crippen molar-refractivity contribution in [1.82, 2.24) is 14.7 Å². The zero-order chi connectivity index (χ0) is 14.2. The van der Waals surface area contributed by atoms with Gasteiger partial charge in [-0.15, -0.1) is 0 Å². The molecule has 2 aliphatic rings. The highest BCUT2D eigenvalue weighted by molar-refractivity contribution is 5.83. The molecule has 0 bridgehead atoms. The summed E-state index contributed by atoms with van der Waals surface area (Å²) < 4.78 is 7.40. The first kappa shape index (κ1) is 12.7. The van der Waals surface area contributed by atoms with Crippen molar-refractivity contribution in [2.75, 3.05) is 13.1 Å². The summed E-state index contributed by atoms with van der Waals surface area (Å²) in [6.45, 7) is 1.65. The zero-order valence-corrected chi connectivity index (χ0v) is 11.9. The summed E-state index contributed by atoms with van der Waals surface area (Å²) in [6.07, 6.45) is 8.54. The fourth-order valence-corrected chi connectivity index (χ4v) is 3.39. The lowest BCUT2D eigenvalue weighted by molar-refractivity contribution is -0.134. The second-order valence-corrected chi connectivity index (χ2v) is 6.03. The van der Waals surface area contributed by atoms with E-state index >= 15 is 0 Å². The lowest BCUT2D eigenvalue weighted by atomic mass is 10.1. The van der Waals surface area contributed by atoms with Crippen LogP contribution in [0.1, 0.15) is 37.0 Å². The molecule has 4 rings (SSSR count). The Morgan fingerprint density at radius 1 is 1.38 bits per heavy atom. The molecule has 0 N–H and O–H groups in total. The molecule has 1 aliphatic heterocycles. The van der Waals surface area contributed by atoms with Crippen LogP contribution in [-0.2, 0) is 4.79 Å². The summed E-state index contributed by atoms with van der Waals surface area (Å²) in [7, 11) is 0.